The molecule has 112 valence electrons. The van der Waals surface area contributed by atoms with E-state index in [9.17, 15) is 4.79 Å². The van der Waals surface area contributed by atoms with Gasteiger partial charge in [0.1, 0.15) is 0 Å². The van der Waals surface area contributed by atoms with E-state index in [4.69, 9.17) is 4.74 Å². The molecule has 0 radical (unpaired) electrons. The minimum Gasteiger partial charge on any atom is -0.469 e. The monoisotopic (exact) mass is 277 g/mol. The van der Waals surface area contributed by atoms with E-state index in [-0.39, 0.29) is 23.8 Å². The Morgan fingerprint density at radius 2 is 1.70 bits per heavy atom. The summed E-state index contributed by atoms with van der Waals surface area (Å²) in [6.45, 7) is 9.12. The second kappa shape index (κ2) is 8.05. The standard InChI is InChI=1S/C17H27NO2/c1-12(2)15(17(19)20-5)11-18-16(13(3)4)14-9-7-6-8-10-14/h6-10,12-13,15-16,18H,11H2,1-5H3/t15-,16?/m0/s1. The minimum atomic E-state index is -0.136. The van der Waals surface area contributed by atoms with Crippen molar-refractivity contribution >= 4 is 5.97 Å². The topological polar surface area (TPSA) is 38.3 Å². The lowest BCUT2D eigenvalue weighted by molar-refractivity contribution is -0.146. The molecule has 0 aromatic heterocycles. The Kier molecular flexibility index (Phi) is 6.73. The van der Waals surface area contributed by atoms with E-state index in [1.807, 2.05) is 18.2 Å². The number of carbonyl (C=O) groups is 1. The zero-order chi connectivity index (χ0) is 15.1. The summed E-state index contributed by atoms with van der Waals surface area (Å²) in [7, 11) is 1.45. The molecule has 1 aromatic carbocycles. The number of hydrogen-bond donors (Lipinski definition) is 1. The highest BCUT2D eigenvalue weighted by Gasteiger charge is 2.25. The molecule has 1 N–H and O–H groups in total. The summed E-state index contributed by atoms with van der Waals surface area (Å²) in [5.74, 6) is 0.481. The van der Waals surface area contributed by atoms with Crippen molar-refractivity contribution < 1.29 is 9.53 Å². The molecule has 0 spiro atoms. The highest BCUT2D eigenvalue weighted by atomic mass is 16.5. The van der Waals surface area contributed by atoms with Crippen LogP contribution >= 0.6 is 0 Å². The Balaban J connectivity index is 2.74. The molecule has 1 unspecified atom stereocenters. The summed E-state index contributed by atoms with van der Waals surface area (Å²) in [4.78, 5) is 11.8. The number of rotatable bonds is 7. The Labute approximate surface area is 122 Å². The zero-order valence-electron chi connectivity index (χ0n) is 13.2. The van der Waals surface area contributed by atoms with Crippen LogP contribution in [-0.2, 0) is 9.53 Å². The fourth-order valence-corrected chi connectivity index (χ4v) is 2.40. The first-order valence-corrected chi connectivity index (χ1v) is 7.33. The molecule has 0 aliphatic carbocycles. The largest absolute Gasteiger partial charge is 0.469 e. The molecule has 0 amide bonds. The molecule has 3 nitrogen and oxygen atoms in total. The third-order valence-corrected chi connectivity index (χ3v) is 3.69. The van der Waals surface area contributed by atoms with Crippen LogP contribution in [0.2, 0.25) is 0 Å². The maximum Gasteiger partial charge on any atom is 0.310 e. The highest BCUT2D eigenvalue weighted by Crippen LogP contribution is 2.22. The van der Waals surface area contributed by atoms with Crippen LogP contribution < -0.4 is 5.32 Å². The van der Waals surface area contributed by atoms with Gasteiger partial charge in [-0.2, -0.15) is 0 Å². The number of esters is 1. The van der Waals surface area contributed by atoms with Gasteiger partial charge < -0.3 is 10.1 Å². The lowest BCUT2D eigenvalue weighted by atomic mass is 9.92. The zero-order valence-corrected chi connectivity index (χ0v) is 13.2. The Morgan fingerprint density at radius 3 is 2.15 bits per heavy atom. The Bertz CT molecular complexity index is 401. The van der Waals surface area contributed by atoms with E-state index in [2.05, 4.69) is 45.1 Å². The normalized spacial score (nSPS) is 14.3. The van der Waals surface area contributed by atoms with E-state index in [1.54, 1.807) is 0 Å². The smallest absolute Gasteiger partial charge is 0.310 e. The average molecular weight is 277 g/mol. The van der Waals surface area contributed by atoms with E-state index < -0.39 is 0 Å². The van der Waals surface area contributed by atoms with Crippen molar-refractivity contribution in [1.29, 1.82) is 0 Å². The minimum absolute atomic E-state index is 0.107. The first-order chi connectivity index (χ1) is 9.47. The summed E-state index contributed by atoms with van der Waals surface area (Å²) >= 11 is 0. The first kappa shape index (κ1) is 16.7. The lowest BCUT2D eigenvalue weighted by Crippen LogP contribution is -2.36. The van der Waals surface area contributed by atoms with E-state index in [0.717, 1.165) is 0 Å². The van der Waals surface area contributed by atoms with Gasteiger partial charge >= 0.3 is 5.97 Å². The van der Waals surface area contributed by atoms with Gasteiger partial charge in [-0.05, 0) is 17.4 Å². The number of nitrogens with one attached hydrogen (secondary N) is 1. The van der Waals surface area contributed by atoms with Crippen LogP contribution in [0.25, 0.3) is 0 Å². The molecule has 0 saturated carbocycles. The van der Waals surface area contributed by atoms with Gasteiger partial charge in [0.15, 0.2) is 0 Å². The van der Waals surface area contributed by atoms with E-state index >= 15 is 0 Å². The molecule has 2 atom stereocenters. The molecule has 0 bridgehead atoms. The van der Waals surface area contributed by atoms with Crippen LogP contribution in [0, 0.1) is 17.8 Å². The second-order valence-electron chi connectivity index (χ2n) is 5.91. The van der Waals surface area contributed by atoms with Crippen LogP contribution in [0.3, 0.4) is 0 Å². The maximum absolute atomic E-state index is 11.8. The molecule has 0 aliphatic rings. The summed E-state index contributed by atoms with van der Waals surface area (Å²) in [5, 5.41) is 3.53. The number of hydrogen-bond acceptors (Lipinski definition) is 3. The predicted octanol–water partition coefficient (Wildman–Crippen LogP) is 3.42. The third kappa shape index (κ3) is 4.64. The number of ether oxygens (including phenoxy) is 1. The molecular weight excluding hydrogens is 250 g/mol. The van der Waals surface area contributed by atoms with Gasteiger partial charge in [0.25, 0.3) is 0 Å². The lowest BCUT2D eigenvalue weighted by Gasteiger charge is -2.26. The summed E-state index contributed by atoms with van der Waals surface area (Å²) in [6, 6.07) is 10.6. The van der Waals surface area contributed by atoms with Crippen molar-refractivity contribution in [2.45, 2.75) is 33.7 Å². The highest BCUT2D eigenvalue weighted by molar-refractivity contribution is 5.72. The Morgan fingerprint density at radius 1 is 1.10 bits per heavy atom. The first-order valence-electron chi connectivity index (χ1n) is 7.33. The molecule has 20 heavy (non-hydrogen) atoms. The van der Waals surface area contributed by atoms with Crippen LogP contribution in [-0.4, -0.2) is 19.6 Å². The summed E-state index contributed by atoms with van der Waals surface area (Å²) < 4.78 is 4.89. The Hall–Kier alpha value is -1.35. The van der Waals surface area contributed by atoms with Gasteiger partial charge in [-0.15, -0.1) is 0 Å². The van der Waals surface area contributed by atoms with Crippen molar-refractivity contribution in [3.8, 4) is 0 Å². The predicted molar refractivity (Wildman–Crippen MR) is 82.4 cm³/mol. The van der Waals surface area contributed by atoms with Crippen LogP contribution in [0.4, 0.5) is 0 Å². The van der Waals surface area contributed by atoms with Crippen LogP contribution in [0.5, 0.6) is 0 Å². The molecule has 0 heterocycles. The fourth-order valence-electron chi connectivity index (χ4n) is 2.40. The number of methoxy groups -OCH3 is 1. The van der Waals surface area contributed by atoms with Crippen molar-refractivity contribution in [3.05, 3.63) is 35.9 Å². The quantitative estimate of drug-likeness (QED) is 0.776. The summed E-state index contributed by atoms with van der Waals surface area (Å²) in [6.07, 6.45) is 0. The van der Waals surface area contributed by atoms with E-state index in [1.165, 1.54) is 12.7 Å². The molecular formula is C17H27NO2. The van der Waals surface area contributed by atoms with Crippen molar-refractivity contribution in [1.82, 2.24) is 5.32 Å². The van der Waals surface area contributed by atoms with Crippen molar-refractivity contribution in [3.63, 3.8) is 0 Å². The molecule has 0 aliphatic heterocycles. The van der Waals surface area contributed by atoms with Crippen molar-refractivity contribution in [2.75, 3.05) is 13.7 Å². The molecule has 1 aromatic rings. The second-order valence-corrected chi connectivity index (χ2v) is 5.91. The number of carbonyl (C=O) groups excluding carboxylic acids is 1. The maximum atomic E-state index is 11.8. The SMILES string of the molecule is COC(=O)[C@@H](CNC(c1ccccc1)C(C)C)C(C)C. The molecule has 3 heteroatoms. The molecule has 1 rings (SSSR count). The molecule has 0 fully saturated rings. The van der Waals surface area contributed by atoms with Crippen molar-refractivity contribution in [2.24, 2.45) is 17.8 Å². The summed E-state index contributed by atoms with van der Waals surface area (Å²) in [5.41, 5.74) is 1.26. The fraction of sp³-hybridized carbons (Fsp3) is 0.588. The average Bonchev–Trinajstić information content (AvgIpc) is 2.43. The number of benzene rings is 1. The van der Waals surface area contributed by atoms with Crippen LogP contribution in [0.1, 0.15) is 39.3 Å². The van der Waals surface area contributed by atoms with Gasteiger partial charge in [0.05, 0.1) is 13.0 Å². The van der Waals surface area contributed by atoms with Gasteiger partial charge in [-0.25, -0.2) is 0 Å². The van der Waals surface area contributed by atoms with Gasteiger partial charge in [0, 0.05) is 12.6 Å². The van der Waals surface area contributed by atoms with Crippen LogP contribution in [0.15, 0.2) is 30.3 Å². The van der Waals surface area contributed by atoms with Gasteiger partial charge in [-0.1, -0.05) is 58.0 Å². The molecule has 0 saturated heterocycles. The third-order valence-electron chi connectivity index (χ3n) is 3.69. The van der Waals surface area contributed by atoms with E-state index in [0.29, 0.717) is 12.5 Å². The van der Waals surface area contributed by atoms with Gasteiger partial charge in [-0.3, -0.25) is 4.79 Å². The van der Waals surface area contributed by atoms with Gasteiger partial charge in [0.2, 0.25) is 0 Å².